The molecule has 1 aliphatic heterocycles. The van der Waals surface area contributed by atoms with Gasteiger partial charge in [0.1, 0.15) is 23.9 Å². The van der Waals surface area contributed by atoms with Gasteiger partial charge in [-0.3, -0.25) is 0 Å². The predicted octanol–water partition coefficient (Wildman–Crippen LogP) is 3.73. The highest BCUT2D eigenvalue weighted by Gasteiger charge is 2.25. The summed E-state index contributed by atoms with van der Waals surface area (Å²) in [6, 6.07) is 13.2. The smallest absolute Gasteiger partial charge is 0.142 e. The number of rotatable bonds is 4. The number of ether oxygens (including phenoxy) is 2. The van der Waals surface area contributed by atoms with Crippen molar-refractivity contribution in [1.29, 1.82) is 0 Å². The maximum Gasteiger partial charge on any atom is 0.142 e. The number of hydrogen-bond acceptors (Lipinski definition) is 4. The fourth-order valence-electron chi connectivity index (χ4n) is 2.45. The number of hydrogen-bond donors (Lipinski definition) is 2. The molecule has 4 heteroatoms. The molecule has 0 saturated carbocycles. The SMILES string of the molecule is CC(C)Oc1ccccc1NC1COc2cc(O)ccc21. The minimum atomic E-state index is 0.0533. The first kappa shape index (κ1) is 13.6. The largest absolute Gasteiger partial charge is 0.508 e. The van der Waals surface area contributed by atoms with Crippen molar-refractivity contribution in [2.45, 2.75) is 26.0 Å². The Hall–Kier alpha value is -2.36. The van der Waals surface area contributed by atoms with Crippen LogP contribution in [0.5, 0.6) is 17.2 Å². The highest BCUT2D eigenvalue weighted by Crippen LogP contribution is 2.38. The molecule has 2 N–H and O–H groups in total. The average molecular weight is 285 g/mol. The molecular formula is C17H19NO3. The van der Waals surface area contributed by atoms with Gasteiger partial charge in [-0.05, 0) is 38.1 Å². The van der Waals surface area contributed by atoms with Crippen LogP contribution in [0.2, 0.25) is 0 Å². The van der Waals surface area contributed by atoms with Gasteiger partial charge in [-0.25, -0.2) is 0 Å². The van der Waals surface area contributed by atoms with Gasteiger partial charge in [0.2, 0.25) is 0 Å². The molecule has 1 heterocycles. The zero-order valence-corrected chi connectivity index (χ0v) is 12.2. The van der Waals surface area contributed by atoms with Gasteiger partial charge >= 0.3 is 0 Å². The molecule has 21 heavy (non-hydrogen) atoms. The number of anilines is 1. The summed E-state index contributed by atoms with van der Waals surface area (Å²) in [7, 11) is 0. The van der Waals surface area contributed by atoms with Crippen LogP contribution >= 0.6 is 0 Å². The molecule has 0 radical (unpaired) electrons. The van der Waals surface area contributed by atoms with Crippen LogP contribution in [0.4, 0.5) is 5.69 Å². The van der Waals surface area contributed by atoms with Gasteiger partial charge in [0, 0.05) is 11.6 Å². The normalized spacial score (nSPS) is 16.4. The first-order chi connectivity index (χ1) is 10.1. The average Bonchev–Trinajstić information content (AvgIpc) is 2.83. The van der Waals surface area contributed by atoms with Crippen LogP contribution in [-0.4, -0.2) is 17.8 Å². The molecule has 1 atom stereocenters. The van der Waals surface area contributed by atoms with E-state index in [2.05, 4.69) is 5.32 Å². The molecule has 2 aromatic rings. The summed E-state index contributed by atoms with van der Waals surface area (Å²) in [5, 5.41) is 13.0. The number of phenolic OH excluding ortho intramolecular Hbond substituents is 1. The number of fused-ring (bicyclic) bond motifs is 1. The zero-order chi connectivity index (χ0) is 14.8. The minimum absolute atomic E-state index is 0.0533. The number of para-hydroxylation sites is 2. The first-order valence-corrected chi connectivity index (χ1v) is 7.11. The second kappa shape index (κ2) is 5.56. The van der Waals surface area contributed by atoms with Crippen molar-refractivity contribution in [3.8, 4) is 17.2 Å². The van der Waals surface area contributed by atoms with Crippen LogP contribution < -0.4 is 14.8 Å². The van der Waals surface area contributed by atoms with Crippen LogP contribution in [0.3, 0.4) is 0 Å². The lowest BCUT2D eigenvalue weighted by Crippen LogP contribution is -2.14. The third-order valence-electron chi connectivity index (χ3n) is 3.36. The van der Waals surface area contributed by atoms with Crippen LogP contribution in [0.25, 0.3) is 0 Å². The molecule has 110 valence electrons. The summed E-state index contributed by atoms with van der Waals surface area (Å²) >= 11 is 0. The van der Waals surface area contributed by atoms with Gasteiger partial charge in [-0.1, -0.05) is 12.1 Å². The minimum Gasteiger partial charge on any atom is -0.508 e. The molecule has 0 saturated heterocycles. The van der Waals surface area contributed by atoms with Crippen molar-refractivity contribution in [3.63, 3.8) is 0 Å². The lowest BCUT2D eigenvalue weighted by molar-refractivity contribution is 0.243. The van der Waals surface area contributed by atoms with Gasteiger partial charge in [0.05, 0.1) is 17.8 Å². The van der Waals surface area contributed by atoms with E-state index in [0.717, 1.165) is 22.7 Å². The second-order valence-electron chi connectivity index (χ2n) is 5.39. The van der Waals surface area contributed by atoms with E-state index in [0.29, 0.717) is 6.61 Å². The topological polar surface area (TPSA) is 50.7 Å². The molecule has 1 unspecified atom stereocenters. The molecule has 1 aliphatic rings. The van der Waals surface area contributed by atoms with E-state index < -0.39 is 0 Å². The van der Waals surface area contributed by atoms with Gasteiger partial charge in [0.15, 0.2) is 0 Å². The van der Waals surface area contributed by atoms with E-state index >= 15 is 0 Å². The summed E-state index contributed by atoms with van der Waals surface area (Å²) in [5.41, 5.74) is 1.99. The van der Waals surface area contributed by atoms with Crippen LogP contribution in [0, 0.1) is 0 Å². The van der Waals surface area contributed by atoms with Crippen LogP contribution in [0.15, 0.2) is 42.5 Å². The Balaban J connectivity index is 1.83. The lowest BCUT2D eigenvalue weighted by atomic mass is 10.1. The van der Waals surface area contributed by atoms with Gasteiger partial charge in [-0.2, -0.15) is 0 Å². The number of benzene rings is 2. The third-order valence-corrected chi connectivity index (χ3v) is 3.36. The lowest BCUT2D eigenvalue weighted by Gasteiger charge is -2.18. The molecule has 0 aliphatic carbocycles. The van der Waals surface area contributed by atoms with Crippen molar-refractivity contribution in [2.24, 2.45) is 0 Å². The standard InChI is InChI=1S/C17H19NO3/c1-11(2)21-16-6-4-3-5-14(16)18-15-10-20-17-9-12(19)7-8-13(15)17/h3-9,11,15,18-19H,10H2,1-2H3. The van der Waals surface area contributed by atoms with Crippen LogP contribution in [0.1, 0.15) is 25.5 Å². The monoisotopic (exact) mass is 285 g/mol. The van der Waals surface area contributed by atoms with Crippen molar-refractivity contribution in [3.05, 3.63) is 48.0 Å². The summed E-state index contributed by atoms with van der Waals surface area (Å²) < 4.78 is 11.4. The number of aromatic hydroxyl groups is 1. The molecule has 0 spiro atoms. The Morgan fingerprint density at radius 3 is 2.86 bits per heavy atom. The summed E-state index contributed by atoms with van der Waals surface area (Å²) in [5.74, 6) is 1.78. The van der Waals surface area contributed by atoms with Crippen molar-refractivity contribution in [1.82, 2.24) is 0 Å². The quantitative estimate of drug-likeness (QED) is 0.898. The molecule has 0 aromatic heterocycles. The maximum absolute atomic E-state index is 9.50. The first-order valence-electron chi connectivity index (χ1n) is 7.11. The maximum atomic E-state index is 9.50. The summed E-state index contributed by atoms with van der Waals surface area (Å²) in [4.78, 5) is 0. The zero-order valence-electron chi connectivity index (χ0n) is 12.2. The van der Waals surface area contributed by atoms with Crippen molar-refractivity contribution < 1.29 is 14.6 Å². The molecular weight excluding hydrogens is 266 g/mol. The van der Waals surface area contributed by atoms with Crippen molar-refractivity contribution >= 4 is 5.69 Å². The van der Waals surface area contributed by atoms with E-state index in [1.807, 2.05) is 44.2 Å². The van der Waals surface area contributed by atoms with E-state index in [1.54, 1.807) is 12.1 Å². The van der Waals surface area contributed by atoms with E-state index in [1.165, 1.54) is 0 Å². The highest BCUT2D eigenvalue weighted by molar-refractivity contribution is 5.59. The summed E-state index contributed by atoms with van der Waals surface area (Å²) in [6.45, 7) is 4.55. The van der Waals surface area contributed by atoms with Gasteiger partial charge in [-0.15, -0.1) is 0 Å². The van der Waals surface area contributed by atoms with E-state index in [4.69, 9.17) is 9.47 Å². The fourth-order valence-corrected chi connectivity index (χ4v) is 2.45. The van der Waals surface area contributed by atoms with Gasteiger partial charge < -0.3 is 19.9 Å². The Morgan fingerprint density at radius 1 is 1.24 bits per heavy atom. The third kappa shape index (κ3) is 2.89. The Labute approximate surface area is 124 Å². The fraction of sp³-hybridized carbons (Fsp3) is 0.294. The Kier molecular flexibility index (Phi) is 3.60. The molecule has 0 bridgehead atoms. The van der Waals surface area contributed by atoms with Gasteiger partial charge in [0.25, 0.3) is 0 Å². The Morgan fingerprint density at radius 2 is 2.05 bits per heavy atom. The van der Waals surface area contributed by atoms with E-state index in [9.17, 15) is 5.11 Å². The van der Waals surface area contributed by atoms with E-state index in [-0.39, 0.29) is 17.9 Å². The number of nitrogens with one attached hydrogen (secondary N) is 1. The molecule has 3 rings (SSSR count). The summed E-state index contributed by atoms with van der Waals surface area (Å²) in [6.07, 6.45) is 0.122. The van der Waals surface area contributed by atoms with Crippen LogP contribution in [-0.2, 0) is 0 Å². The Bertz CT molecular complexity index is 640. The predicted molar refractivity (Wildman–Crippen MR) is 82.2 cm³/mol. The molecule has 0 fully saturated rings. The number of phenols is 1. The highest BCUT2D eigenvalue weighted by atomic mass is 16.5. The second-order valence-corrected chi connectivity index (χ2v) is 5.39. The molecule has 0 amide bonds. The van der Waals surface area contributed by atoms with Crippen molar-refractivity contribution in [2.75, 3.05) is 11.9 Å². The molecule has 2 aromatic carbocycles. The molecule has 4 nitrogen and oxygen atoms in total.